The fraction of sp³-hybridized carbons (Fsp3) is 0.286. The molecule has 2 aromatic rings. The number of nitrogens with zero attached hydrogens (tertiary/aromatic N) is 3. The summed E-state index contributed by atoms with van der Waals surface area (Å²) in [6.45, 7) is 1.47. The van der Waals surface area contributed by atoms with Crippen LogP contribution in [0.1, 0.15) is 6.92 Å². The first-order valence-electron chi connectivity index (χ1n) is 6.19. The number of aromatic nitrogens is 2. The number of hydrogen-bond acceptors (Lipinski definition) is 6. The lowest BCUT2D eigenvalue weighted by molar-refractivity contribution is -0.141. The molecule has 0 N–H and O–H groups in total. The van der Waals surface area contributed by atoms with Crippen molar-refractivity contribution < 1.29 is 9.53 Å². The van der Waals surface area contributed by atoms with Crippen LogP contribution < -0.4 is 5.56 Å². The Labute approximate surface area is 125 Å². The molecule has 0 fully saturated rings. The third kappa shape index (κ3) is 3.23. The minimum atomic E-state index is -0.541. The average molecular weight is 303 g/mol. The third-order valence-electron chi connectivity index (χ3n) is 2.81. The van der Waals surface area contributed by atoms with E-state index >= 15 is 0 Å². The molecule has 0 unspecified atom stereocenters. The summed E-state index contributed by atoms with van der Waals surface area (Å²) >= 11 is 1.13. The van der Waals surface area contributed by atoms with Crippen LogP contribution in [0.3, 0.4) is 0 Å². The monoisotopic (exact) mass is 303 g/mol. The number of benzene rings is 1. The van der Waals surface area contributed by atoms with Crippen molar-refractivity contribution in [2.75, 3.05) is 7.11 Å². The summed E-state index contributed by atoms with van der Waals surface area (Å²) in [5, 5.41) is 9.29. The number of rotatable bonds is 4. The van der Waals surface area contributed by atoms with Gasteiger partial charge in [0.2, 0.25) is 0 Å². The number of hydrogen-bond donors (Lipinski definition) is 0. The Bertz CT molecular complexity index is 779. The molecule has 1 heterocycles. The van der Waals surface area contributed by atoms with Crippen LogP contribution in [0.5, 0.6) is 0 Å². The molecule has 0 radical (unpaired) electrons. The van der Waals surface area contributed by atoms with E-state index in [1.165, 1.54) is 11.7 Å². The molecule has 1 atom stereocenters. The van der Waals surface area contributed by atoms with E-state index in [9.17, 15) is 9.59 Å². The van der Waals surface area contributed by atoms with Crippen LogP contribution in [-0.2, 0) is 16.1 Å². The minimum absolute atomic E-state index is 0.229. The lowest BCUT2D eigenvalue weighted by Gasteiger charge is -2.12. The average Bonchev–Trinajstić information content (AvgIpc) is 2.50. The van der Waals surface area contributed by atoms with Gasteiger partial charge < -0.3 is 4.74 Å². The Morgan fingerprint density at radius 2 is 2.24 bits per heavy atom. The molecular weight excluding hydrogens is 290 g/mol. The highest BCUT2D eigenvalue weighted by Gasteiger charge is 2.16. The van der Waals surface area contributed by atoms with Crippen molar-refractivity contribution in [1.29, 1.82) is 5.26 Å². The first kappa shape index (κ1) is 15.1. The fourth-order valence-electron chi connectivity index (χ4n) is 1.76. The van der Waals surface area contributed by atoms with Crippen molar-refractivity contribution in [2.45, 2.75) is 23.9 Å². The van der Waals surface area contributed by atoms with Gasteiger partial charge in [-0.1, -0.05) is 23.9 Å². The molecule has 21 heavy (non-hydrogen) atoms. The molecule has 0 aliphatic rings. The second-order valence-electron chi connectivity index (χ2n) is 4.27. The zero-order valence-corrected chi connectivity index (χ0v) is 12.4. The van der Waals surface area contributed by atoms with Gasteiger partial charge in [-0.05, 0) is 19.1 Å². The Kier molecular flexibility index (Phi) is 4.60. The Balaban J connectivity index is 2.62. The lowest BCUT2D eigenvalue weighted by atomic mass is 10.2. The number of carbonyl (C=O) groups excluding carboxylic acids is 1. The number of nitriles is 1. The maximum absolute atomic E-state index is 12.5. The van der Waals surface area contributed by atoms with Crippen LogP contribution in [0.15, 0.2) is 34.2 Å². The highest BCUT2D eigenvalue weighted by molar-refractivity contribution is 8.00. The van der Waals surface area contributed by atoms with Gasteiger partial charge >= 0.3 is 5.97 Å². The van der Waals surface area contributed by atoms with Gasteiger partial charge in [0.15, 0.2) is 5.16 Å². The molecule has 0 spiro atoms. The molecule has 1 aromatic carbocycles. The lowest BCUT2D eigenvalue weighted by Crippen LogP contribution is -2.27. The van der Waals surface area contributed by atoms with Crippen LogP contribution in [-0.4, -0.2) is 27.9 Å². The van der Waals surface area contributed by atoms with Crippen LogP contribution in [0.4, 0.5) is 0 Å². The Hall–Kier alpha value is -2.33. The van der Waals surface area contributed by atoms with Gasteiger partial charge in [-0.3, -0.25) is 14.2 Å². The number of carbonyl (C=O) groups is 1. The second kappa shape index (κ2) is 6.41. The maximum Gasteiger partial charge on any atom is 0.325 e. The summed E-state index contributed by atoms with van der Waals surface area (Å²) in [5.74, 6) is -0.541. The summed E-state index contributed by atoms with van der Waals surface area (Å²) in [6.07, 6.45) is 0. The van der Waals surface area contributed by atoms with E-state index in [0.29, 0.717) is 16.1 Å². The summed E-state index contributed by atoms with van der Waals surface area (Å²) < 4.78 is 5.85. The molecule has 0 saturated carbocycles. The standard InChI is InChI=1S/C14H13N3O3S/c1-9(7-15)21-14-16-11-6-4-3-5-10(11)13(19)17(14)8-12(18)20-2/h3-6,9H,8H2,1-2H3/t9-/m1/s1. The normalized spacial score (nSPS) is 11.9. The number of ether oxygens (including phenoxy) is 1. The first-order valence-corrected chi connectivity index (χ1v) is 7.07. The van der Waals surface area contributed by atoms with Gasteiger partial charge in [0.1, 0.15) is 6.54 Å². The Morgan fingerprint density at radius 3 is 2.90 bits per heavy atom. The number of fused-ring (bicyclic) bond motifs is 1. The molecule has 0 saturated heterocycles. The number of para-hydroxylation sites is 1. The number of thioether (sulfide) groups is 1. The maximum atomic E-state index is 12.5. The van der Waals surface area contributed by atoms with Crippen LogP contribution >= 0.6 is 11.8 Å². The highest BCUT2D eigenvalue weighted by atomic mass is 32.2. The van der Waals surface area contributed by atoms with Gasteiger partial charge in [-0.2, -0.15) is 5.26 Å². The zero-order chi connectivity index (χ0) is 15.4. The van der Waals surface area contributed by atoms with E-state index in [2.05, 4.69) is 15.8 Å². The summed E-state index contributed by atoms with van der Waals surface area (Å²) in [5.41, 5.74) is 0.217. The highest BCUT2D eigenvalue weighted by Crippen LogP contribution is 2.21. The SMILES string of the molecule is COC(=O)Cn1c(S[C@H](C)C#N)nc2ccccc2c1=O. The van der Waals surface area contributed by atoms with Gasteiger partial charge in [-0.25, -0.2) is 4.98 Å². The summed E-state index contributed by atoms with van der Waals surface area (Å²) in [7, 11) is 1.26. The molecule has 108 valence electrons. The fourth-order valence-corrected chi connectivity index (χ4v) is 2.55. The van der Waals surface area contributed by atoms with Crippen molar-refractivity contribution in [2.24, 2.45) is 0 Å². The van der Waals surface area contributed by atoms with Gasteiger partial charge in [0.25, 0.3) is 5.56 Å². The van der Waals surface area contributed by atoms with E-state index in [1.54, 1.807) is 31.2 Å². The summed E-state index contributed by atoms with van der Waals surface area (Å²) in [6, 6.07) is 8.96. The molecule has 6 nitrogen and oxygen atoms in total. The van der Waals surface area contributed by atoms with Crippen LogP contribution in [0, 0.1) is 11.3 Å². The molecule has 7 heteroatoms. The van der Waals surface area contributed by atoms with E-state index in [-0.39, 0.29) is 17.4 Å². The predicted octanol–water partition coefficient (Wildman–Crippen LogP) is 1.57. The van der Waals surface area contributed by atoms with E-state index < -0.39 is 5.97 Å². The zero-order valence-electron chi connectivity index (χ0n) is 11.6. The molecule has 2 rings (SSSR count). The van der Waals surface area contributed by atoms with Crippen molar-refractivity contribution in [3.8, 4) is 6.07 Å². The first-order chi connectivity index (χ1) is 10.1. The number of esters is 1. The second-order valence-corrected chi connectivity index (χ2v) is 5.58. The van der Waals surface area contributed by atoms with Crippen LogP contribution in [0.25, 0.3) is 10.9 Å². The van der Waals surface area contributed by atoms with Gasteiger partial charge in [-0.15, -0.1) is 0 Å². The van der Waals surface area contributed by atoms with Crippen molar-refractivity contribution in [3.63, 3.8) is 0 Å². The number of methoxy groups -OCH3 is 1. The van der Waals surface area contributed by atoms with Crippen LogP contribution in [0.2, 0.25) is 0 Å². The summed E-state index contributed by atoms with van der Waals surface area (Å²) in [4.78, 5) is 28.4. The third-order valence-corrected chi connectivity index (χ3v) is 3.79. The van der Waals surface area contributed by atoms with Crippen molar-refractivity contribution >= 4 is 28.6 Å². The van der Waals surface area contributed by atoms with Gasteiger partial charge in [0, 0.05) is 0 Å². The molecular formula is C14H13N3O3S. The van der Waals surface area contributed by atoms with Crippen molar-refractivity contribution in [3.05, 3.63) is 34.6 Å². The van der Waals surface area contributed by atoms with Gasteiger partial charge in [0.05, 0.1) is 29.3 Å². The van der Waals surface area contributed by atoms with E-state index in [1.807, 2.05) is 0 Å². The molecule has 0 amide bonds. The Morgan fingerprint density at radius 1 is 1.52 bits per heavy atom. The van der Waals surface area contributed by atoms with E-state index in [4.69, 9.17) is 5.26 Å². The molecule has 0 aliphatic carbocycles. The largest absolute Gasteiger partial charge is 0.468 e. The quantitative estimate of drug-likeness (QED) is 0.484. The minimum Gasteiger partial charge on any atom is -0.468 e. The molecule has 0 bridgehead atoms. The topological polar surface area (TPSA) is 85.0 Å². The van der Waals surface area contributed by atoms with Crippen molar-refractivity contribution in [1.82, 2.24) is 9.55 Å². The van der Waals surface area contributed by atoms with E-state index in [0.717, 1.165) is 11.8 Å². The molecule has 1 aromatic heterocycles. The smallest absolute Gasteiger partial charge is 0.325 e. The molecule has 0 aliphatic heterocycles. The predicted molar refractivity (Wildman–Crippen MR) is 79.0 cm³/mol.